The van der Waals surface area contributed by atoms with Crippen molar-refractivity contribution in [1.29, 1.82) is 0 Å². The zero-order valence-corrected chi connectivity index (χ0v) is 13.1. The van der Waals surface area contributed by atoms with E-state index >= 15 is 0 Å². The molecule has 1 aliphatic heterocycles. The Kier molecular flexibility index (Phi) is 7.59. The van der Waals surface area contributed by atoms with Gasteiger partial charge in [0.1, 0.15) is 6.04 Å². The van der Waals surface area contributed by atoms with Crippen LogP contribution in [0.5, 0.6) is 0 Å². The van der Waals surface area contributed by atoms with Gasteiger partial charge in [0.05, 0.1) is 0 Å². The van der Waals surface area contributed by atoms with Gasteiger partial charge in [0.15, 0.2) is 0 Å². The van der Waals surface area contributed by atoms with Crippen LogP contribution in [0.15, 0.2) is 0 Å². The van der Waals surface area contributed by atoms with E-state index < -0.39 is 6.04 Å². The number of hydrogen-bond donors (Lipinski definition) is 2. The van der Waals surface area contributed by atoms with E-state index in [4.69, 9.17) is 0 Å². The first-order valence-electron chi connectivity index (χ1n) is 7.82. The van der Waals surface area contributed by atoms with Gasteiger partial charge in [-0.15, -0.1) is 0 Å². The lowest BCUT2D eigenvalue weighted by Gasteiger charge is -2.29. The molecule has 20 heavy (non-hydrogen) atoms. The third kappa shape index (κ3) is 6.37. The van der Waals surface area contributed by atoms with Gasteiger partial charge in [-0.3, -0.25) is 9.59 Å². The van der Waals surface area contributed by atoms with Gasteiger partial charge < -0.3 is 15.5 Å². The van der Waals surface area contributed by atoms with Gasteiger partial charge in [-0.1, -0.05) is 13.8 Å². The molecule has 1 atom stereocenters. The fraction of sp³-hybridized carbons (Fsp3) is 0.867. The minimum atomic E-state index is -0.404. The van der Waals surface area contributed by atoms with Gasteiger partial charge >= 0.3 is 0 Å². The fourth-order valence-corrected chi connectivity index (χ4v) is 2.40. The molecule has 1 fully saturated rings. The Morgan fingerprint density at radius 3 is 2.35 bits per heavy atom. The van der Waals surface area contributed by atoms with Gasteiger partial charge in [-0.2, -0.15) is 0 Å². The Morgan fingerprint density at radius 2 is 1.75 bits per heavy atom. The lowest BCUT2D eigenvalue weighted by atomic mass is 10.1. The normalized spacial score (nSPS) is 17.1. The van der Waals surface area contributed by atoms with Crippen molar-refractivity contribution in [3.8, 4) is 0 Å². The summed E-state index contributed by atoms with van der Waals surface area (Å²) in [5.41, 5.74) is 0. The molecule has 116 valence electrons. The van der Waals surface area contributed by atoms with Gasteiger partial charge in [-0.05, 0) is 39.2 Å². The quantitative estimate of drug-likeness (QED) is 0.692. The van der Waals surface area contributed by atoms with Crippen molar-refractivity contribution in [2.45, 2.75) is 65.0 Å². The first-order valence-corrected chi connectivity index (χ1v) is 7.82. The summed E-state index contributed by atoms with van der Waals surface area (Å²) in [5.74, 6) is 0.0202. The fourth-order valence-electron chi connectivity index (χ4n) is 2.40. The molecule has 1 heterocycles. The zero-order valence-electron chi connectivity index (χ0n) is 13.1. The predicted molar refractivity (Wildman–Crippen MR) is 80.4 cm³/mol. The molecule has 2 amide bonds. The van der Waals surface area contributed by atoms with Crippen LogP contribution in [0.3, 0.4) is 0 Å². The maximum atomic E-state index is 12.2. The minimum Gasteiger partial charge on any atom is -0.345 e. The second-order valence-electron chi connectivity index (χ2n) is 5.89. The molecule has 0 aliphatic carbocycles. The number of rotatable bonds is 7. The summed E-state index contributed by atoms with van der Waals surface area (Å²) >= 11 is 0. The van der Waals surface area contributed by atoms with Crippen LogP contribution < -0.4 is 10.6 Å². The first kappa shape index (κ1) is 17.0. The molecule has 0 aromatic rings. The molecule has 1 rings (SSSR count). The van der Waals surface area contributed by atoms with E-state index in [0.717, 1.165) is 38.9 Å². The van der Waals surface area contributed by atoms with Crippen molar-refractivity contribution in [1.82, 2.24) is 15.5 Å². The van der Waals surface area contributed by atoms with Crippen LogP contribution in [0, 0.1) is 0 Å². The smallest absolute Gasteiger partial charge is 0.244 e. The van der Waals surface area contributed by atoms with Crippen molar-refractivity contribution in [3.63, 3.8) is 0 Å². The standard InChI is InChI=1S/C15H29N3O2/c1-12(2)16-9-7-8-14(19)17-13(3)15(20)18-10-5-4-6-11-18/h12-13,16H,4-11H2,1-3H3,(H,17,19). The number of carbonyl (C=O) groups excluding carboxylic acids is 2. The highest BCUT2D eigenvalue weighted by molar-refractivity contribution is 5.87. The average Bonchev–Trinajstić information content (AvgIpc) is 2.43. The number of hydrogen-bond acceptors (Lipinski definition) is 3. The summed E-state index contributed by atoms with van der Waals surface area (Å²) in [6.07, 6.45) is 4.62. The topological polar surface area (TPSA) is 61.4 Å². The van der Waals surface area contributed by atoms with Crippen LogP contribution in [0.4, 0.5) is 0 Å². The Morgan fingerprint density at radius 1 is 1.10 bits per heavy atom. The monoisotopic (exact) mass is 283 g/mol. The third-order valence-electron chi connectivity index (χ3n) is 3.55. The molecular formula is C15H29N3O2. The van der Waals surface area contributed by atoms with E-state index in [1.807, 2.05) is 4.90 Å². The summed E-state index contributed by atoms with van der Waals surface area (Å²) in [7, 11) is 0. The van der Waals surface area contributed by atoms with Crippen LogP contribution in [0.1, 0.15) is 52.9 Å². The average molecular weight is 283 g/mol. The van der Waals surface area contributed by atoms with Gasteiger partial charge in [0, 0.05) is 25.6 Å². The van der Waals surface area contributed by atoms with Crippen molar-refractivity contribution < 1.29 is 9.59 Å². The lowest BCUT2D eigenvalue weighted by molar-refractivity contribution is -0.136. The Balaban J connectivity index is 2.21. The van der Waals surface area contributed by atoms with E-state index in [-0.39, 0.29) is 11.8 Å². The summed E-state index contributed by atoms with van der Waals surface area (Å²) in [6.45, 7) is 8.44. The third-order valence-corrected chi connectivity index (χ3v) is 3.55. The van der Waals surface area contributed by atoms with Crippen LogP contribution in [0.25, 0.3) is 0 Å². The largest absolute Gasteiger partial charge is 0.345 e. The molecule has 0 spiro atoms. The minimum absolute atomic E-state index is 0.0339. The second kappa shape index (κ2) is 8.95. The predicted octanol–water partition coefficient (Wildman–Crippen LogP) is 1.28. The van der Waals surface area contributed by atoms with E-state index in [9.17, 15) is 9.59 Å². The molecule has 1 aliphatic rings. The van der Waals surface area contributed by atoms with Gasteiger partial charge in [0.25, 0.3) is 0 Å². The van der Waals surface area contributed by atoms with E-state index in [2.05, 4.69) is 24.5 Å². The van der Waals surface area contributed by atoms with Crippen LogP contribution in [-0.2, 0) is 9.59 Å². The van der Waals surface area contributed by atoms with E-state index in [1.54, 1.807) is 6.92 Å². The molecule has 1 saturated heterocycles. The first-order chi connectivity index (χ1) is 9.50. The number of amides is 2. The number of nitrogens with one attached hydrogen (secondary N) is 2. The number of likely N-dealkylation sites (tertiary alicyclic amines) is 1. The van der Waals surface area contributed by atoms with Crippen molar-refractivity contribution in [2.75, 3.05) is 19.6 Å². The Bertz CT molecular complexity index is 312. The second-order valence-corrected chi connectivity index (χ2v) is 5.89. The lowest BCUT2D eigenvalue weighted by Crippen LogP contribution is -2.48. The summed E-state index contributed by atoms with van der Waals surface area (Å²) in [4.78, 5) is 25.8. The van der Waals surface area contributed by atoms with Gasteiger partial charge in [0.2, 0.25) is 11.8 Å². The van der Waals surface area contributed by atoms with Crippen LogP contribution in [0.2, 0.25) is 0 Å². The van der Waals surface area contributed by atoms with Crippen LogP contribution >= 0.6 is 0 Å². The number of carbonyl (C=O) groups is 2. The summed E-state index contributed by atoms with van der Waals surface area (Å²) in [6, 6.07) is 0.0383. The molecule has 0 aromatic heterocycles. The molecule has 1 unspecified atom stereocenters. The Hall–Kier alpha value is -1.10. The van der Waals surface area contributed by atoms with Gasteiger partial charge in [-0.25, -0.2) is 0 Å². The molecule has 5 heteroatoms. The highest BCUT2D eigenvalue weighted by Gasteiger charge is 2.22. The van der Waals surface area contributed by atoms with Crippen molar-refractivity contribution in [2.24, 2.45) is 0 Å². The van der Waals surface area contributed by atoms with Crippen molar-refractivity contribution >= 4 is 11.8 Å². The molecule has 0 radical (unpaired) electrons. The van der Waals surface area contributed by atoms with E-state index in [1.165, 1.54) is 6.42 Å². The highest BCUT2D eigenvalue weighted by Crippen LogP contribution is 2.10. The molecule has 0 aromatic carbocycles. The molecule has 0 saturated carbocycles. The SMILES string of the molecule is CC(C)NCCCC(=O)NC(C)C(=O)N1CCCCC1. The number of nitrogens with zero attached hydrogens (tertiary/aromatic N) is 1. The van der Waals surface area contributed by atoms with Crippen molar-refractivity contribution in [3.05, 3.63) is 0 Å². The maximum absolute atomic E-state index is 12.2. The van der Waals surface area contributed by atoms with E-state index in [0.29, 0.717) is 12.5 Å². The Labute approximate surface area is 122 Å². The number of piperidine rings is 1. The molecule has 2 N–H and O–H groups in total. The maximum Gasteiger partial charge on any atom is 0.244 e. The highest BCUT2D eigenvalue weighted by atomic mass is 16.2. The summed E-state index contributed by atoms with van der Waals surface area (Å²) < 4.78 is 0. The van der Waals surface area contributed by atoms with Crippen LogP contribution in [-0.4, -0.2) is 48.4 Å². The zero-order chi connectivity index (χ0) is 15.0. The molecular weight excluding hydrogens is 254 g/mol. The molecule has 5 nitrogen and oxygen atoms in total. The molecule has 0 bridgehead atoms. The summed E-state index contributed by atoms with van der Waals surface area (Å²) in [5, 5.41) is 6.08.